The highest BCUT2D eigenvalue weighted by Gasteiger charge is 2.15. The van der Waals surface area contributed by atoms with Crippen molar-refractivity contribution in [1.29, 1.82) is 0 Å². The fraction of sp³-hybridized carbons (Fsp3) is 0.158. The molecule has 0 atom stereocenters. The number of pyridine rings is 1. The number of aromatic nitrogens is 1. The minimum absolute atomic E-state index is 0.296. The standard InChI is InChI=1S/C19H17NO2/c1-11-7-8-12(2)15(9-11)17-10-16(19(21)22)14-6-4-5-13(3)18(14)20-17/h4-10H,1-3H3,(H,21,22). The molecule has 0 saturated carbocycles. The highest BCUT2D eigenvalue weighted by Crippen LogP contribution is 2.29. The molecule has 2 aromatic carbocycles. The molecule has 1 aromatic heterocycles. The Bertz CT molecular complexity index is 897. The summed E-state index contributed by atoms with van der Waals surface area (Å²) in [6.07, 6.45) is 0. The van der Waals surface area contributed by atoms with Crippen LogP contribution in [0, 0.1) is 20.8 Å². The highest BCUT2D eigenvalue weighted by molar-refractivity contribution is 6.04. The molecule has 3 nitrogen and oxygen atoms in total. The number of aromatic carboxylic acids is 1. The van der Waals surface area contributed by atoms with Crippen molar-refractivity contribution in [2.24, 2.45) is 0 Å². The summed E-state index contributed by atoms with van der Waals surface area (Å²) in [6, 6.07) is 13.4. The Morgan fingerprint density at radius 2 is 1.77 bits per heavy atom. The third kappa shape index (κ3) is 2.35. The smallest absolute Gasteiger partial charge is 0.336 e. The van der Waals surface area contributed by atoms with Crippen LogP contribution in [0.5, 0.6) is 0 Å². The van der Waals surface area contributed by atoms with Gasteiger partial charge in [-0.1, -0.05) is 35.9 Å². The number of carbonyl (C=O) groups is 1. The van der Waals surface area contributed by atoms with Crippen LogP contribution in [-0.2, 0) is 0 Å². The summed E-state index contributed by atoms with van der Waals surface area (Å²) in [6.45, 7) is 5.99. The van der Waals surface area contributed by atoms with Gasteiger partial charge in [0.05, 0.1) is 16.8 Å². The number of fused-ring (bicyclic) bond motifs is 1. The lowest BCUT2D eigenvalue weighted by molar-refractivity contribution is 0.0699. The van der Waals surface area contributed by atoms with Crippen LogP contribution < -0.4 is 0 Å². The molecule has 0 radical (unpaired) electrons. The van der Waals surface area contributed by atoms with Gasteiger partial charge in [0.2, 0.25) is 0 Å². The zero-order valence-electron chi connectivity index (χ0n) is 12.8. The molecule has 1 heterocycles. The predicted molar refractivity (Wildman–Crippen MR) is 88.3 cm³/mol. The van der Waals surface area contributed by atoms with E-state index in [4.69, 9.17) is 4.98 Å². The van der Waals surface area contributed by atoms with Crippen molar-refractivity contribution < 1.29 is 9.90 Å². The molecule has 3 rings (SSSR count). The molecule has 0 spiro atoms. The quantitative estimate of drug-likeness (QED) is 0.755. The van der Waals surface area contributed by atoms with Crippen molar-refractivity contribution in [3.63, 3.8) is 0 Å². The van der Waals surface area contributed by atoms with Gasteiger partial charge in [-0.15, -0.1) is 0 Å². The van der Waals surface area contributed by atoms with Crippen molar-refractivity contribution in [1.82, 2.24) is 4.98 Å². The van der Waals surface area contributed by atoms with E-state index in [2.05, 4.69) is 0 Å². The lowest BCUT2D eigenvalue weighted by atomic mass is 9.98. The van der Waals surface area contributed by atoms with Crippen molar-refractivity contribution in [3.8, 4) is 11.3 Å². The number of benzene rings is 2. The van der Waals surface area contributed by atoms with Gasteiger partial charge in [0.1, 0.15) is 0 Å². The molecule has 0 amide bonds. The van der Waals surface area contributed by atoms with E-state index < -0.39 is 5.97 Å². The van der Waals surface area contributed by atoms with E-state index >= 15 is 0 Å². The molecule has 0 saturated heterocycles. The van der Waals surface area contributed by atoms with Crippen LogP contribution in [-0.4, -0.2) is 16.1 Å². The second kappa shape index (κ2) is 5.26. The molecule has 3 heteroatoms. The van der Waals surface area contributed by atoms with E-state index in [-0.39, 0.29) is 0 Å². The fourth-order valence-electron chi connectivity index (χ4n) is 2.72. The van der Waals surface area contributed by atoms with E-state index in [1.54, 1.807) is 6.07 Å². The first-order valence-electron chi connectivity index (χ1n) is 7.18. The highest BCUT2D eigenvalue weighted by atomic mass is 16.4. The van der Waals surface area contributed by atoms with E-state index in [0.717, 1.165) is 27.8 Å². The largest absolute Gasteiger partial charge is 0.478 e. The van der Waals surface area contributed by atoms with Gasteiger partial charge in [-0.2, -0.15) is 0 Å². The summed E-state index contributed by atoms with van der Waals surface area (Å²) >= 11 is 0. The number of carboxylic acids is 1. The summed E-state index contributed by atoms with van der Waals surface area (Å²) < 4.78 is 0. The lowest BCUT2D eigenvalue weighted by Crippen LogP contribution is -2.01. The topological polar surface area (TPSA) is 50.2 Å². The Kier molecular flexibility index (Phi) is 3.41. The van der Waals surface area contributed by atoms with Crippen LogP contribution in [0.3, 0.4) is 0 Å². The average molecular weight is 291 g/mol. The third-order valence-electron chi connectivity index (χ3n) is 3.94. The Labute approximate surface area is 129 Å². The number of carboxylic acid groups (broad SMARTS) is 1. The third-order valence-corrected chi connectivity index (χ3v) is 3.94. The van der Waals surface area contributed by atoms with Crippen LogP contribution in [0.25, 0.3) is 22.2 Å². The molecular weight excluding hydrogens is 274 g/mol. The number of hydrogen-bond donors (Lipinski definition) is 1. The monoisotopic (exact) mass is 291 g/mol. The van der Waals surface area contributed by atoms with Gasteiger partial charge < -0.3 is 5.11 Å². The van der Waals surface area contributed by atoms with Crippen LogP contribution in [0.4, 0.5) is 0 Å². The normalized spacial score (nSPS) is 10.9. The van der Waals surface area contributed by atoms with Crippen molar-refractivity contribution in [2.75, 3.05) is 0 Å². The molecule has 0 fully saturated rings. The summed E-state index contributed by atoms with van der Waals surface area (Å²) in [7, 11) is 0. The minimum Gasteiger partial charge on any atom is -0.478 e. The fourth-order valence-corrected chi connectivity index (χ4v) is 2.72. The summed E-state index contributed by atoms with van der Waals surface area (Å²) in [5.41, 5.74) is 5.93. The van der Waals surface area contributed by atoms with Gasteiger partial charge in [-0.25, -0.2) is 9.78 Å². The molecule has 0 aliphatic heterocycles. The molecule has 0 bridgehead atoms. The number of aryl methyl sites for hydroxylation is 3. The van der Waals surface area contributed by atoms with Gasteiger partial charge >= 0.3 is 5.97 Å². The summed E-state index contributed by atoms with van der Waals surface area (Å²) in [4.78, 5) is 16.4. The molecule has 0 unspecified atom stereocenters. The maximum Gasteiger partial charge on any atom is 0.336 e. The lowest BCUT2D eigenvalue weighted by Gasteiger charge is -2.11. The maximum absolute atomic E-state index is 11.6. The van der Waals surface area contributed by atoms with Crippen LogP contribution >= 0.6 is 0 Å². The summed E-state index contributed by atoms with van der Waals surface area (Å²) in [5, 5.41) is 10.2. The molecule has 1 N–H and O–H groups in total. The summed E-state index contributed by atoms with van der Waals surface area (Å²) in [5.74, 6) is -0.926. The Hall–Kier alpha value is -2.68. The predicted octanol–water partition coefficient (Wildman–Crippen LogP) is 4.53. The maximum atomic E-state index is 11.6. The number of rotatable bonds is 2. The van der Waals surface area contributed by atoms with Crippen LogP contribution in [0.15, 0.2) is 42.5 Å². The van der Waals surface area contributed by atoms with E-state index in [1.807, 2.05) is 57.2 Å². The molecular formula is C19H17NO2. The van der Waals surface area contributed by atoms with Gasteiger partial charge in [-0.05, 0) is 44.0 Å². The molecule has 110 valence electrons. The van der Waals surface area contributed by atoms with E-state index in [1.165, 1.54) is 0 Å². The molecule has 3 aromatic rings. The van der Waals surface area contributed by atoms with E-state index in [0.29, 0.717) is 16.6 Å². The average Bonchev–Trinajstić information content (AvgIpc) is 2.49. The first-order chi connectivity index (χ1) is 10.5. The SMILES string of the molecule is Cc1ccc(C)c(-c2cc(C(=O)O)c3cccc(C)c3n2)c1. The first kappa shape index (κ1) is 14.3. The molecule has 0 aliphatic rings. The van der Waals surface area contributed by atoms with Gasteiger partial charge in [0, 0.05) is 10.9 Å². The Morgan fingerprint density at radius 3 is 2.50 bits per heavy atom. The molecule has 22 heavy (non-hydrogen) atoms. The minimum atomic E-state index is -0.926. The molecule has 0 aliphatic carbocycles. The second-order valence-electron chi connectivity index (χ2n) is 5.65. The van der Waals surface area contributed by atoms with Crippen LogP contribution in [0.2, 0.25) is 0 Å². The number of nitrogens with zero attached hydrogens (tertiary/aromatic N) is 1. The van der Waals surface area contributed by atoms with Crippen molar-refractivity contribution in [2.45, 2.75) is 20.8 Å². The van der Waals surface area contributed by atoms with Crippen molar-refractivity contribution >= 4 is 16.9 Å². The first-order valence-corrected chi connectivity index (χ1v) is 7.18. The van der Waals surface area contributed by atoms with E-state index in [9.17, 15) is 9.90 Å². The van der Waals surface area contributed by atoms with Crippen LogP contribution in [0.1, 0.15) is 27.0 Å². The Balaban J connectivity index is 2.38. The second-order valence-corrected chi connectivity index (χ2v) is 5.65. The number of para-hydroxylation sites is 1. The Morgan fingerprint density at radius 1 is 1.00 bits per heavy atom. The van der Waals surface area contributed by atoms with Crippen molar-refractivity contribution in [3.05, 3.63) is 64.7 Å². The van der Waals surface area contributed by atoms with Gasteiger partial charge in [-0.3, -0.25) is 0 Å². The zero-order chi connectivity index (χ0) is 15.9. The van der Waals surface area contributed by atoms with Gasteiger partial charge in [0.15, 0.2) is 0 Å². The zero-order valence-corrected chi connectivity index (χ0v) is 12.8. The van der Waals surface area contributed by atoms with Gasteiger partial charge in [0.25, 0.3) is 0 Å². The number of hydrogen-bond acceptors (Lipinski definition) is 2.